The van der Waals surface area contributed by atoms with E-state index in [1.165, 1.54) is 11.5 Å². The lowest BCUT2D eigenvalue weighted by atomic mass is 9.80. The van der Waals surface area contributed by atoms with E-state index >= 15 is 0 Å². The standard InChI is InChI=1S/C45H27N9OS/c1-4-14-27-24(11-1)23-33(47-27)37-38(42-25-12-2-5-15-28(25)52-53-42)39(43-26-13-3-10-20-35(26)56-54-43)41(45-50-31-18-8-9-19-34(31)55-45)36(32-21-22-46-51-32)40(37)44-48-29-16-6-7-17-30(29)49-44/h1-23,47H,(H,46,51)(H,48,49)(H,52,53). The number of hydrogen-bond donors (Lipinski definition) is 4. The van der Waals surface area contributed by atoms with E-state index in [-0.39, 0.29) is 0 Å². The number of oxazole rings is 1. The summed E-state index contributed by atoms with van der Waals surface area (Å²) in [6.07, 6.45) is 1.84. The molecule has 12 aromatic rings. The number of aromatic nitrogens is 9. The van der Waals surface area contributed by atoms with Crippen LogP contribution in [0.3, 0.4) is 0 Å². The van der Waals surface area contributed by atoms with Gasteiger partial charge in [-0.1, -0.05) is 78.9 Å². The molecule has 0 aliphatic carbocycles. The predicted octanol–water partition coefficient (Wildman–Crippen LogP) is 11.4. The molecule has 0 saturated heterocycles. The fraction of sp³-hybridized carbons (Fsp3) is 0. The Bertz CT molecular complexity index is 3350. The average Bonchev–Trinajstić information content (AvgIpc) is 4.10. The van der Waals surface area contributed by atoms with Crippen molar-refractivity contribution in [3.05, 3.63) is 140 Å². The normalized spacial score (nSPS) is 11.9. The van der Waals surface area contributed by atoms with Crippen molar-refractivity contribution in [3.8, 4) is 67.9 Å². The predicted molar refractivity (Wildman–Crippen MR) is 223 cm³/mol. The quantitative estimate of drug-likeness (QED) is 0.134. The Hall–Kier alpha value is -7.63. The molecule has 0 saturated carbocycles. The monoisotopic (exact) mass is 741 g/mol. The Labute approximate surface area is 321 Å². The first kappa shape index (κ1) is 30.8. The molecule has 12 rings (SSSR count). The van der Waals surface area contributed by atoms with E-state index in [9.17, 15) is 0 Å². The van der Waals surface area contributed by atoms with Gasteiger partial charge in [-0.2, -0.15) is 14.6 Å². The van der Waals surface area contributed by atoms with Crippen LogP contribution in [0.4, 0.5) is 0 Å². The zero-order valence-corrected chi connectivity index (χ0v) is 30.1. The zero-order valence-electron chi connectivity index (χ0n) is 29.3. The lowest BCUT2D eigenvalue weighted by Gasteiger charge is -2.23. The van der Waals surface area contributed by atoms with Crippen LogP contribution in [0.25, 0.3) is 122 Å². The maximum Gasteiger partial charge on any atom is 0.228 e. The highest BCUT2D eigenvalue weighted by atomic mass is 32.1. The molecule has 0 fully saturated rings. The van der Waals surface area contributed by atoms with Crippen molar-refractivity contribution in [3.63, 3.8) is 0 Å². The molecule has 0 aliphatic heterocycles. The maximum atomic E-state index is 6.81. The summed E-state index contributed by atoms with van der Waals surface area (Å²) in [5.41, 5.74) is 13.0. The first-order chi connectivity index (χ1) is 27.8. The van der Waals surface area contributed by atoms with Gasteiger partial charge < -0.3 is 14.4 Å². The van der Waals surface area contributed by atoms with Crippen molar-refractivity contribution in [1.82, 2.24) is 44.7 Å². The number of para-hydroxylation sites is 6. The zero-order chi connectivity index (χ0) is 36.7. The highest BCUT2D eigenvalue weighted by molar-refractivity contribution is 7.13. The SMILES string of the molecule is c1ccc2[nH]c(-c3c(-c4nc5ccccc5[nH]4)c(-c4cc[nH]n4)c(-c4nc5ccccc5o4)c(-c4nsc5ccccc45)c3-c3n[nH]c4ccccc34)cc2c1. The topological polar surface area (TPSA) is 141 Å². The molecule has 0 atom stereocenters. The molecule has 264 valence electrons. The first-order valence-corrected chi connectivity index (χ1v) is 19.0. The van der Waals surface area contributed by atoms with Crippen LogP contribution < -0.4 is 0 Å². The Balaban J connectivity index is 1.39. The summed E-state index contributed by atoms with van der Waals surface area (Å²) in [5, 5.41) is 19.5. The van der Waals surface area contributed by atoms with Crippen molar-refractivity contribution in [1.29, 1.82) is 0 Å². The van der Waals surface area contributed by atoms with Crippen LogP contribution in [-0.4, -0.2) is 44.7 Å². The van der Waals surface area contributed by atoms with Crippen molar-refractivity contribution < 1.29 is 4.42 Å². The molecular formula is C45H27N9OS. The molecule has 6 aromatic carbocycles. The van der Waals surface area contributed by atoms with Gasteiger partial charge in [0.1, 0.15) is 17.0 Å². The third-order valence-corrected chi connectivity index (χ3v) is 11.3. The van der Waals surface area contributed by atoms with Gasteiger partial charge in [0.25, 0.3) is 0 Å². The molecule has 56 heavy (non-hydrogen) atoms. The van der Waals surface area contributed by atoms with Crippen LogP contribution >= 0.6 is 11.5 Å². The number of nitrogens with zero attached hydrogens (tertiary/aromatic N) is 5. The minimum Gasteiger partial charge on any atom is -0.436 e. The molecule has 6 aromatic heterocycles. The third kappa shape index (κ3) is 4.58. The summed E-state index contributed by atoms with van der Waals surface area (Å²) < 4.78 is 13.1. The minimum absolute atomic E-state index is 0.429. The molecule has 0 radical (unpaired) electrons. The number of nitrogens with one attached hydrogen (secondary N) is 4. The third-order valence-electron chi connectivity index (χ3n) is 10.5. The van der Waals surface area contributed by atoms with E-state index in [0.717, 1.165) is 98.9 Å². The van der Waals surface area contributed by atoms with E-state index in [1.54, 1.807) is 0 Å². The molecule has 4 N–H and O–H groups in total. The number of fused-ring (bicyclic) bond motifs is 5. The first-order valence-electron chi connectivity index (χ1n) is 18.2. The summed E-state index contributed by atoms with van der Waals surface area (Å²) in [6, 6.07) is 45.0. The van der Waals surface area contributed by atoms with Crippen molar-refractivity contribution in [2.24, 2.45) is 0 Å². The number of rotatable bonds is 6. The summed E-state index contributed by atoms with van der Waals surface area (Å²) in [6.45, 7) is 0. The fourth-order valence-corrected chi connectivity index (χ4v) is 8.86. The highest BCUT2D eigenvalue weighted by Gasteiger charge is 2.36. The molecule has 0 amide bonds. The van der Waals surface area contributed by atoms with Crippen LogP contribution in [0.5, 0.6) is 0 Å². The number of H-pyrrole nitrogens is 4. The van der Waals surface area contributed by atoms with Gasteiger partial charge in [0, 0.05) is 61.4 Å². The van der Waals surface area contributed by atoms with Gasteiger partial charge in [0.2, 0.25) is 5.89 Å². The van der Waals surface area contributed by atoms with E-state index in [0.29, 0.717) is 23.0 Å². The van der Waals surface area contributed by atoms with E-state index in [2.05, 4.69) is 68.7 Å². The Morgan fingerprint density at radius 2 is 1.29 bits per heavy atom. The van der Waals surface area contributed by atoms with Crippen LogP contribution in [0.15, 0.2) is 144 Å². The van der Waals surface area contributed by atoms with E-state index in [1.807, 2.05) is 91.1 Å². The van der Waals surface area contributed by atoms with Gasteiger partial charge in [-0.3, -0.25) is 10.2 Å². The van der Waals surface area contributed by atoms with Crippen LogP contribution in [0.1, 0.15) is 0 Å². The largest absolute Gasteiger partial charge is 0.436 e. The number of imidazole rings is 1. The summed E-state index contributed by atoms with van der Waals surface area (Å²) in [7, 11) is 0. The van der Waals surface area contributed by atoms with E-state index < -0.39 is 0 Å². The van der Waals surface area contributed by atoms with Gasteiger partial charge in [-0.25, -0.2) is 9.97 Å². The molecule has 6 heterocycles. The lowest BCUT2D eigenvalue weighted by molar-refractivity contribution is 0.620. The molecule has 0 spiro atoms. The lowest BCUT2D eigenvalue weighted by Crippen LogP contribution is -2.04. The molecule has 0 aliphatic rings. The van der Waals surface area contributed by atoms with Crippen molar-refractivity contribution in [2.45, 2.75) is 0 Å². The maximum absolute atomic E-state index is 6.81. The second-order valence-electron chi connectivity index (χ2n) is 13.7. The number of aromatic amines is 4. The molecule has 0 unspecified atom stereocenters. The van der Waals surface area contributed by atoms with Gasteiger partial charge in [-0.15, -0.1) is 0 Å². The molecule has 0 bridgehead atoms. The summed E-state index contributed by atoms with van der Waals surface area (Å²) >= 11 is 1.46. The number of hydrogen-bond acceptors (Lipinski definition) is 7. The molecule has 11 heteroatoms. The second kappa shape index (κ2) is 11.9. The van der Waals surface area contributed by atoms with Crippen LogP contribution in [0, 0.1) is 0 Å². The number of benzene rings is 6. The van der Waals surface area contributed by atoms with Gasteiger partial charge in [-0.05, 0) is 66.1 Å². The summed E-state index contributed by atoms with van der Waals surface area (Å²) in [5.74, 6) is 1.09. The molecular weight excluding hydrogens is 715 g/mol. The highest BCUT2D eigenvalue weighted by Crippen LogP contribution is 2.56. The Kier molecular flexibility index (Phi) is 6.56. The Morgan fingerprint density at radius 3 is 2.12 bits per heavy atom. The van der Waals surface area contributed by atoms with Crippen molar-refractivity contribution in [2.75, 3.05) is 0 Å². The smallest absolute Gasteiger partial charge is 0.228 e. The second-order valence-corrected chi connectivity index (χ2v) is 14.5. The van der Waals surface area contributed by atoms with Crippen LogP contribution in [-0.2, 0) is 0 Å². The van der Waals surface area contributed by atoms with Crippen LogP contribution in [0.2, 0.25) is 0 Å². The molecule has 10 nitrogen and oxygen atoms in total. The van der Waals surface area contributed by atoms with Gasteiger partial charge in [0.05, 0.1) is 38.2 Å². The minimum atomic E-state index is 0.429. The fourth-order valence-electron chi connectivity index (χ4n) is 8.08. The van der Waals surface area contributed by atoms with Crippen molar-refractivity contribution >= 4 is 65.6 Å². The Morgan fingerprint density at radius 1 is 0.536 bits per heavy atom. The van der Waals surface area contributed by atoms with Gasteiger partial charge in [0.15, 0.2) is 5.58 Å². The van der Waals surface area contributed by atoms with Gasteiger partial charge >= 0.3 is 0 Å². The average molecular weight is 742 g/mol. The summed E-state index contributed by atoms with van der Waals surface area (Å²) in [4.78, 5) is 18.0. The van der Waals surface area contributed by atoms with E-state index in [4.69, 9.17) is 29.0 Å².